The summed E-state index contributed by atoms with van der Waals surface area (Å²) in [6.07, 6.45) is 1.94. The van der Waals surface area contributed by atoms with Crippen LogP contribution in [0, 0.1) is 0 Å². The van der Waals surface area contributed by atoms with E-state index in [0.717, 1.165) is 61.1 Å². The molecule has 0 radical (unpaired) electrons. The highest BCUT2D eigenvalue weighted by Crippen LogP contribution is 2.28. The van der Waals surface area contributed by atoms with E-state index in [1.165, 1.54) is 5.56 Å². The number of hydrogen-bond acceptors (Lipinski definition) is 5. The third kappa shape index (κ3) is 5.13. The molecule has 4 rings (SSSR count). The smallest absolute Gasteiger partial charge is 0.119 e. The minimum absolute atomic E-state index is 0.475. The van der Waals surface area contributed by atoms with Crippen molar-refractivity contribution < 1.29 is 14.2 Å². The molecule has 0 saturated carbocycles. The van der Waals surface area contributed by atoms with Gasteiger partial charge in [-0.3, -0.25) is 10.00 Å². The minimum atomic E-state index is 0.475. The zero-order valence-electron chi connectivity index (χ0n) is 17.6. The Balaban J connectivity index is 1.25. The molecule has 0 aliphatic carbocycles. The van der Waals surface area contributed by atoms with Gasteiger partial charge in [-0.1, -0.05) is 12.1 Å². The van der Waals surface area contributed by atoms with Gasteiger partial charge in [-0.05, 0) is 61.0 Å². The average molecular weight is 408 g/mol. The lowest BCUT2D eigenvalue weighted by Gasteiger charge is -2.16. The molecule has 1 atom stereocenters. The molecule has 0 spiro atoms. The molecular weight excluding hydrogens is 378 g/mol. The van der Waals surface area contributed by atoms with Crippen molar-refractivity contribution in [1.29, 1.82) is 0 Å². The van der Waals surface area contributed by atoms with E-state index in [4.69, 9.17) is 14.2 Å². The van der Waals surface area contributed by atoms with Gasteiger partial charge in [0.15, 0.2) is 0 Å². The Morgan fingerprint density at radius 3 is 2.60 bits per heavy atom. The number of nitrogens with one attached hydrogen (secondary N) is 1. The highest BCUT2D eigenvalue weighted by atomic mass is 16.5. The van der Waals surface area contributed by atoms with Gasteiger partial charge in [0, 0.05) is 31.1 Å². The lowest BCUT2D eigenvalue weighted by molar-refractivity contribution is 0.319. The molecule has 6 heteroatoms. The van der Waals surface area contributed by atoms with Crippen LogP contribution in [0.25, 0.3) is 0 Å². The van der Waals surface area contributed by atoms with Crippen molar-refractivity contribution in [1.82, 2.24) is 15.1 Å². The maximum absolute atomic E-state index is 5.82. The lowest BCUT2D eigenvalue weighted by atomic mass is 10.0. The quantitative estimate of drug-likeness (QED) is 0.580. The standard InChI is InChI=1S/C24H29N3O3/c1-28-21-6-8-22(9-7-21)30-13-11-20-15-24(26-25-20)19-10-12-27(17-19)16-18-4-3-5-23(14-18)29-2/h3-9,14-15,19H,10-13,16-17H2,1-2H3,(H,25,26). The Morgan fingerprint density at radius 2 is 1.80 bits per heavy atom. The molecule has 1 aliphatic rings. The van der Waals surface area contributed by atoms with Gasteiger partial charge in [-0.25, -0.2) is 0 Å². The first kappa shape index (κ1) is 20.3. The second-order valence-corrected chi connectivity index (χ2v) is 7.66. The molecule has 6 nitrogen and oxygen atoms in total. The molecule has 1 aromatic heterocycles. The summed E-state index contributed by atoms with van der Waals surface area (Å²) in [5, 5.41) is 7.75. The molecule has 1 saturated heterocycles. The van der Waals surface area contributed by atoms with Gasteiger partial charge >= 0.3 is 0 Å². The maximum Gasteiger partial charge on any atom is 0.119 e. The van der Waals surface area contributed by atoms with Gasteiger partial charge in [-0.2, -0.15) is 5.10 Å². The fourth-order valence-electron chi connectivity index (χ4n) is 3.91. The van der Waals surface area contributed by atoms with Crippen LogP contribution >= 0.6 is 0 Å². The van der Waals surface area contributed by atoms with Crippen LogP contribution in [0.3, 0.4) is 0 Å². The van der Waals surface area contributed by atoms with Crippen molar-refractivity contribution in [2.75, 3.05) is 33.9 Å². The van der Waals surface area contributed by atoms with E-state index < -0.39 is 0 Å². The van der Waals surface area contributed by atoms with Crippen LogP contribution in [0.1, 0.15) is 29.3 Å². The number of aromatic amines is 1. The predicted octanol–water partition coefficient (Wildman–Crippen LogP) is 4.04. The highest BCUT2D eigenvalue weighted by Gasteiger charge is 2.25. The van der Waals surface area contributed by atoms with Crippen molar-refractivity contribution >= 4 is 0 Å². The molecule has 1 N–H and O–H groups in total. The molecule has 1 fully saturated rings. The second kappa shape index (κ2) is 9.67. The normalized spacial score (nSPS) is 16.5. The fourth-order valence-corrected chi connectivity index (χ4v) is 3.91. The van der Waals surface area contributed by atoms with Crippen molar-refractivity contribution in [3.05, 3.63) is 71.5 Å². The topological polar surface area (TPSA) is 59.6 Å². The number of methoxy groups -OCH3 is 2. The van der Waals surface area contributed by atoms with Crippen LogP contribution in [-0.2, 0) is 13.0 Å². The number of H-pyrrole nitrogens is 1. The molecule has 1 unspecified atom stereocenters. The largest absolute Gasteiger partial charge is 0.497 e. The molecule has 0 bridgehead atoms. The Hall–Kier alpha value is -2.99. The minimum Gasteiger partial charge on any atom is -0.497 e. The third-order valence-corrected chi connectivity index (χ3v) is 5.58. The number of rotatable bonds is 9. The molecule has 2 aromatic carbocycles. The zero-order chi connectivity index (χ0) is 20.8. The summed E-state index contributed by atoms with van der Waals surface area (Å²) in [6, 6.07) is 18.2. The third-order valence-electron chi connectivity index (χ3n) is 5.58. The van der Waals surface area contributed by atoms with Crippen LogP contribution in [0.4, 0.5) is 0 Å². The van der Waals surface area contributed by atoms with E-state index in [1.54, 1.807) is 14.2 Å². The number of benzene rings is 2. The first-order valence-corrected chi connectivity index (χ1v) is 10.4. The Kier molecular flexibility index (Phi) is 6.54. The zero-order valence-corrected chi connectivity index (χ0v) is 17.6. The van der Waals surface area contributed by atoms with Crippen LogP contribution in [0.15, 0.2) is 54.6 Å². The SMILES string of the molecule is COc1ccc(OCCc2cc(C3CCN(Cc4cccc(OC)c4)C3)n[nH]2)cc1. The highest BCUT2D eigenvalue weighted by molar-refractivity contribution is 5.31. The van der Waals surface area contributed by atoms with Crippen molar-refractivity contribution in [2.45, 2.75) is 25.3 Å². The number of likely N-dealkylation sites (tertiary alicyclic amines) is 1. The molecule has 2 heterocycles. The fraction of sp³-hybridized carbons (Fsp3) is 0.375. The van der Waals surface area contributed by atoms with Crippen LogP contribution < -0.4 is 14.2 Å². The number of aromatic nitrogens is 2. The molecular formula is C24H29N3O3. The summed E-state index contributed by atoms with van der Waals surface area (Å²) >= 11 is 0. The first-order valence-electron chi connectivity index (χ1n) is 10.4. The molecule has 3 aromatic rings. The van der Waals surface area contributed by atoms with Crippen molar-refractivity contribution in [2.24, 2.45) is 0 Å². The molecule has 30 heavy (non-hydrogen) atoms. The summed E-state index contributed by atoms with van der Waals surface area (Å²) < 4.78 is 16.3. The van der Waals surface area contributed by atoms with Gasteiger partial charge in [-0.15, -0.1) is 0 Å². The van der Waals surface area contributed by atoms with E-state index in [9.17, 15) is 0 Å². The predicted molar refractivity (Wildman–Crippen MR) is 116 cm³/mol. The van der Waals surface area contributed by atoms with Gasteiger partial charge in [0.2, 0.25) is 0 Å². The summed E-state index contributed by atoms with van der Waals surface area (Å²) in [5.74, 6) is 3.07. The maximum atomic E-state index is 5.82. The van der Waals surface area contributed by atoms with Crippen LogP contribution in [-0.4, -0.2) is 49.0 Å². The summed E-state index contributed by atoms with van der Waals surface area (Å²) in [6.45, 7) is 3.68. The summed E-state index contributed by atoms with van der Waals surface area (Å²) in [7, 11) is 3.37. The van der Waals surface area contributed by atoms with Gasteiger partial charge in [0.1, 0.15) is 17.2 Å². The molecule has 158 valence electrons. The first-order chi connectivity index (χ1) is 14.7. The summed E-state index contributed by atoms with van der Waals surface area (Å²) in [5.41, 5.74) is 3.56. The van der Waals surface area contributed by atoms with Crippen molar-refractivity contribution in [3.63, 3.8) is 0 Å². The van der Waals surface area contributed by atoms with E-state index in [2.05, 4.69) is 39.4 Å². The van der Waals surface area contributed by atoms with Crippen LogP contribution in [0.2, 0.25) is 0 Å². The van der Waals surface area contributed by atoms with Crippen molar-refractivity contribution in [3.8, 4) is 17.2 Å². The van der Waals surface area contributed by atoms with Gasteiger partial charge < -0.3 is 14.2 Å². The number of nitrogens with zero attached hydrogens (tertiary/aromatic N) is 2. The Labute approximate surface area is 177 Å². The van der Waals surface area contributed by atoms with Crippen LogP contribution in [0.5, 0.6) is 17.2 Å². The van der Waals surface area contributed by atoms with Gasteiger partial charge in [0.25, 0.3) is 0 Å². The Morgan fingerprint density at radius 1 is 1.00 bits per heavy atom. The van der Waals surface area contributed by atoms with E-state index >= 15 is 0 Å². The van der Waals surface area contributed by atoms with Gasteiger partial charge in [0.05, 0.1) is 26.5 Å². The van der Waals surface area contributed by atoms with E-state index in [0.29, 0.717) is 12.5 Å². The number of hydrogen-bond donors (Lipinski definition) is 1. The van der Waals surface area contributed by atoms with E-state index in [-0.39, 0.29) is 0 Å². The summed E-state index contributed by atoms with van der Waals surface area (Å²) in [4.78, 5) is 2.49. The lowest BCUT2D eigenvalue weighted by Crippen LogP contribution is -2.19. The Bertz CT molecular complexity index is 939. The second-order valence-electron chi connectivity index (χ2n) is 7.66. The average Bonchev–Trinajstić information content (AvgIpc) is 3.44. The van der Waals surface area contributed by atoms with E-state index in [1.807, 2.05) is 30.3 Å². The molecule has 1 aliphatic heterocycles. The molecule has 0 amide bonds. The monoisotopic (exact) mass is 407 g/mol. The number of ether oxygens (including phenoxy) is 3.